The maximum Gasteiger partial charge on any atom is 0.0799 e. The molecule has 2 saturated heterocycles. The van der Waals surface area contributed by atoms with Crippen LogP contribution in [0.15, 0.2) is 24.3 Å². The van der Waals surface area contributed by atoms with Gasteiger partial charge in [0.1, 0.15) is 0 Å². The summed E-state index contributed by atoms with van der Waals surface area (Å²) in [6.45, 7) is 7.68. The van der Waals surface area contributed by atoms with E-state index < -0.39 is 0 Å². The molecule has 1 aromatic carbocycles. The van der Waals surface area contributed by atoms with E-state index in [4.69, 9.17) is 4.74 Å². The van der Waals surface area contributed by atoms with Crippen LogP contribution in [0.2, 0.25) is 0 Å². The Kier molecular flexibility index (Phi) is 4.24. The molecule has 2 nitrogen and oxygen atoms in total. The zero-order chi connectivity index (χ0) is 14.9. The third-order valence-corrected chi connectivity index (χ3v) is 5.90. The smallest absolute Gasteiger partial charge is 0.0799 e. The fraction of sp³-hybridized carbons (Fsp3) is 0.667. The van der Waals surface area contributed by atoms with Crippen molar-refractivity contribution < 1.29 is 4.74 Å². The molecule has 0 radical (unpaired) electrons. The maximum atomic E-state index is 6.10. The molecule has 0 saturated carbocycles. The Morgan fingerprint density at radius 2 is 2.00 bits per heavy atom. The fourth-order valence-corrected chi connectivity index (χ4v) is 4.69. The van der Waals surface area contributed by atoms with E-state index in [-0.39, 0.29) is 11.0 Å². The molecule has 116 valence electrons. The van der Waals surface area contributed by atoms with Gasteiger partial charge in [0.25, 0.3) is 0 Å². The number of hydrogen-bond acceptors (Lipinski definition) is 3. The van der Waals surface area contributed by atoms with Crippen molar-refractivity contribution in [2.75, 3.05) is 23.4 Å². The number of anilines is 1. The summed E-state index contributed by atoms with van der Waals surface area (Å²) in [5, 5.41) is 3.72. The lowest BCUT2D eigenvalue weighted by molar-refractivity contribution is -0.0628. The van der Waals surface area contributed by atoms with E-state index in [0.29, 0.717) is 6.04 Å². The van der Waals surface area contributed by atoms with Crippen molar-refractivity contribution in [3.05, 3.63) is 29.8 Å². The molecule has 2 aliphatic rings. The highest BCUT2D eigenvalue weighted by Crippen LogP contribution is 2.39. The van der Waals surface area contributed by atoms with Crippen LogP contribution in [0.5, 0.6) is 0 Å². The van der Waals surface area contributed by atoms with Crippen molar-refractivity contribution >= 4 is 17.4 Å². The van der Waals surface area contributed by atoms with Gasteiger partial charge < -0.3 is 10.1 Å². The van der Waals surface area contributed by atoms with Crippen molar-refractivity contribution in [3.8, 4) is 0 Å². The summed E-state index contributed by atoms with van der Waals surface area (Å²) >= 11 is 2.04. The Balaban J connectivity index is 1.63. The number of hydrogen-bond donors (Lipinski definition) is 1. The van der Waals surface area contributed by atoms with E-state index in [2.05, 4.69) is 50.4 Å². The largest absolute Gasteiger partial charge is 0.382 e. The van der Waals surface area contributed by atoms with Crippen molar-refractivity contribution in [2.24, 2.45) is 0 Å². The fourth-order valence-electron chi connectivity index (χ4n) is 3.32. The molecule has 3 heteroatoms. The second-order valence-corrected chi connectivity index (χ2v) is 8.60. The van der Waals surface area contributed by atoms with Gasteiger partial charge in [0.2, 0.25) is 0 Å². The van der Waals surface area contributed by atoms with Gasteiger partial charge >= 0.3 is 0 Å². The van der Waals surface area contributed by atoms with Gasteiger partial charge in [0, 0.05) is 24.1 Å². The molecule has 1 spiro atoms. The summed E-state index contributed by atoms with van der Waals surface area (Å²) < 4.78 is 6.10. The molecule has 1 aromatic rings. The van der Waals surface area contributed by atoms with Crippen LogP contribution in [0.3, 0.4) is 0 Å². The average molecular weight is 305 g/mol. The first kappa shape index (κ1) is 15.2. The number of benzene rings is 1. The average Bonchev–Trinajstić information content (AvgIpc) is 2.86. The minimum atomic E-state index is 0.159. The maximum absolute atomic E-state index is 6.10. The molecule has 0 bridgehead atoms. The van der Waals surface area contributed by atoms with Crippen LogP contribution in [-0.4, -0.2) is 29.8 Å². The summed E-state index contributed by atoms with van der Waals surface area (Å²) in [7, 11) is 0. The van der Waals surface area contributed by atoms with Gasteiger partial charge in [0.15, 0.2) is 0 Å². The van der Waals surface area contributed by atoms with Gasteiger partial charge in [-0.3, -0.25) is 0 Å². The summed E-state index contributed by atoms with van der Waals surface area (Å²) in [5.41, 5.74) is 3.02. The topological polar surface area (TPSA) is 21.3 Å². The first-order chi connectivity index (χ1) is 9.97. The number of nitrogens with one attached hydrogen (secondary N) is 1. The Hall–Kier alpha value is -0.670. The van der Waals surface area contributed by atoms with Crippen molar-refractivity contribution in [3.63, 3.8) is 0 Å². The molecule has 2 fully saturated rings. The molecule has 2 aliphatic heterocycles. The summed E-state index contributed by atoms with van der Waals surface area (Å²) in [6.07, 6.45) is 3.49. The van der Waals surface area contributed by atoms with Crippen LogP contribution >= 0.6 is 11.8 Å². The SMILES string of the molecule is CC(C)(C)c1ccc(NC2CCOC3(CCSC3)C2)cc1. The molecule has 0 amide bonds. The van der Waals surface area contributed by atoms with Crippen LogP contribution in [0.25, 0.3) is 0 Å². The van der Waals surface area contributed by atoms with E-state index in [1.54, 1.807) is 0 Å². The van der Waals surface area contributed by atoms with E-state index in [1.807, 2.05) is 11.8 Å². The molecule has 2 unspecified atom stereocenters. The lowest BCUT2D eigenvalue weighted by atomic mass is 9.87. The van der Waals surface area contributed by atoms with Crippen LogP contribution in [0.1, 0.15) is 45.6 Å². The third-order valence-electron chi connectivity index (χ3n) is 4.68. The second kappa shape index (κ2) is 5.85. The standard InChI is InChI=1S/C18H27NOS/c1-17(2,3)14-4-6-15(7-5-14)19-16-8-10-20-18(12-16)9-11-21-13-18/h4-7,16,19H,8-13H2,1-3H3. The van der Waals surface area contributed by atoms with Gasteiger partial charge in [-0.05, 0) is 48.1 Å². The van der Waals surface area contributed by atoms with Gasteiger partial charge in [-0.25, -0.2) is 0 Å². The predicted molar refractivity (Wildman–Crippen MR) is 92.4 cm³/mol. The Morgan fingerprint density at radius 1 is 1.24 bits per heavy atom. The number of rotatable bonds is 2. The molecular formula is C18H27NOS. The summed E-state index contributed by atoms with van der Waals surface area (Å²) in [6, 6.07) is 9.52. The van der Waals surface area contributed by atoms with Gasteiger partial charge in [-0.2, -0.15) is 11.8 Å². The van der Waals surface area contributed by atoms with Crippen molar-refractivity contribution in [1.82, 2.24) is 0 Å². The van der Waals surface area contributed by atoms with Gasteiger partial charge in [-0.1, -0.05) is 32.9 Å². The number of thioether (sulfide) groups is 1. The monoisotopic (exact) mass is 305 g/mol. The predicted octanol–water partition coefficient (Wildman–Crippen LogP) is 4.45. The van der Waals surface area contributed by atoms with Gasteiger partial charge in [0.05, 0.1) is 5.60 Å². The lowest BCUT2D eigenvalue weighted by Crippen LogP contribution is -2.44. The van der Waals surface area contributed by atoms with Gasteiger partial charge in [-0.15, -0.1) is 0 Å². The normalized spacial score (nSPS) is 29.8. The van der Waals surface area contributed by atoms with Crippen LogP contribution in [0, 0.1) is 0 Å². The van der Waals surface area contributed by atoms with Crippen LogP contribution in [-0.2, 0) is 10.2 Å². The molecule has 21 heavy (non-hydrogen) atoms. The first-order valence-electron chi connectivity index (χ1n) is 8.06. The highest BCUT2D eigenvalue weighted by atomic mass is 32.2. The van der Waals surface area contributed by atoms with E-state index in [1.165, 1.54) is 29.2 Å². The molecule has 0 aromatic heterocycles. The number of ether oxygens (including phenoxy) is 1. The van der Waals surface area contributed by atoms with E-state index in [0.717, 1.165) is 19.4 Å². The molecule has 2 heterocycles. The van der Waals surface area contributed by atoms with Crippen molar-refractivity contribution in [1.29, 1.82) is 0 Å². The quantitative estimate of drug-likeness (QED) is 0.872. The summed E-state index contributed by atoms with van der Waals surface area (Å²) in [5.74, 6) is 2.43. The Bertz CT molecular complexity index is 471. The molecule has 0 aliphatic carbocycles. The zero-order valence-electron chi connectivity index (χ0n) is 13.4. The molecule has 1 N–H and O–H groups in total. The van der Waals surface area contributed by atoms with E-state index in [9.17, 15) is 0 Å². The van der Waals surface area contributed by atoms with Crippen molar-refractivity contribution in [2.45, 2.75) is 57.1 Å². The highest BCUT2D eigenvalue weighted by Gasteiger charge is 2.40. The molecule has 3 rings (SSSR count). The van der Waals surface area contributed by atoms with Crippen LogP contribution < -0.4 is 5.32 Å². The highest BCUT2D eigenvalue weighted by molar-refractivity contribution is 7.99. The first-order valence-corrected chi connectivity index (χ1v) is 9.21. The Labute approximate surface area is 133 Å². The molecule has 2 atom stereocenters. The third kappa shape index (κ3) is 3.57. The minimum absolute atomic E-state index is 0.159. The molecular weight excluding hydrogens is 278 g/mol. The summed E-state index contributed by atoms with van der Waals surface area (Å²) in [4.78, 5) is 0. The Morgan fingerprint density at radius 3 is 2.62 bits per heavy atom. The zero-order valence-corrected chi connectivity index (χ0v) is 14.3. The van der Waals surface area contributed by atoms with E-state index >= 15 is 0 Å². The van der Waals surface area contributed by atoms with Crippen LogP contribution in [0.4, 0.5) is 5.69 Å². The lowest BCUT2D eigenvalue weighted by Gasteiger charge is -2.38. The minimum Gasteiger partial charge on any atom is -0.382 e. The second-order valence-electron chi connectivity index (χ2n) is 7.50.